The van der Waals surface area contributed by atoms with Gasteiger partial charge in [0.2, 0.25) is 0 Å². The number of likely N-dealkylation sites (tertiary alicyclic amines) is 1. The van der Waals surface area contributed by atoms with Crippen molar-refractivity contribution >= 4 is 21.8 Å². The Hall–Kier alpha value is -1.31. The first kappa shape index (κ1) is 15.1. The molecule has 7 nitrogen and oxygen atoms in total. The van der Waals surface area contributed by atoms with Gasteiger partial charge in [-0.15, -0.1) is 0 Å². The lowest BCUT2D eigenvalue weighted by Gasteiger charge is -2.30. The molecule has 2 saturated heterocycles. The molecule has 2 aliphatic heterocycles. The van der Waals surface area contributed by atoms with E-state index >= 15 is 0 Å². The number of carboxylic acids is 1. The van der Waals surface area contributed by atoms with E-state index in [-0.39, 0.29) is 23.6 Å². The first-order valence-electron chi connectivity index (χ1n) is 6.66. The van der Waals surface area contributed by atoms with Crippen LogP contribution < -0.4 is 5.32 Å². The number of aliphatic carboxylic acids is 1. The predicted octanol–water partition coefficient (Wildman–Crippen LogP) is 0.0682. The molecule has 0 radical (unpaired) electrons. The van der Waals surface area contributed by atoms with Crippen molar-refractivity contribution in [2.75, 3.05) is 18.1 Å². The van der Waals surface area contributed by atoms with E-state index in [1.807, 2.05) is 0 Å². The summed E-state index contributed by atoms with van der Waals surface area (Å²) >= 11 is 0. The number of nitrogens with one attached hydrogen (secondary N) is 1. The van der Waals surface area contributed by atoms with Gasteiger partial charge in [-0.2, -0.15) is 0 Å². The molecule has 2 aliphatic rings. The molecule has 0 aliphatic carbocycles. The minimum absolute atomic E-state index is 0.0592. The zero-order valence-electron chi connectivity index (χ0n) is 11.6. The molecular formula is C12H20N2O5S. The van der Waals surface area contributed by atoms with Crippen molar-refractivity contribution in [1.82, 2.24) is 10.2 Å². The maximum Gasteiger partial charge on any atom is 0.318 e. The standard InChI is InChI=1S/C12H20N2O5S/c1-8-9(10(15)16)3-5-14(8)11(17)13-12(2)4-6-20(18,19)7-12/h8-9H,3-7H2,1-2H3,(H,13,17)(H,15,16). The number of carboxylic acid groups (broad SMARTS) is 1. The Morgan fingerprint density at radius 1 is 1.40 bits per heavy atom. The number of hydrogen-bond acceptors (Lipinski definition) is 4. The fraction of sp³-hybridized carbons (Fsp3) is 0.833. The smallest absolute Gasteiger partial charge is 0.318 e. The molecule has 8 heteroatoms. The van der Waals surface area contributed by atoms with E-state index in [1.54, 1.807) is 13.8 Å². The zero-order chi connectivity index (χ0) is 15.1. The maximum atomic E-state index is 12.2. The normalized spacial score (nSPS) is 36.0. The Balaban J connectivity index is 2.02. The Kier molecular flexibility index (Phi) is 3.70. The van der Waals surface area contributed by atoms with E-state index in [0.29, 0.717) is 19.4 Å². The minimum Gasteiger partial charge on any atom is -0.481 e. The summed E-state index contributed by atoms with van der Waals surface area (Å²) < 4.78 is 23.0. The number of hydrogen-bond donors (Lipinski definition) is 2. The Bertz CT molecular complexity index is 532. The van der Waals surface area contributed by atoms with Crippen molar-refractivity contribution in [3.05, 3.63) is 0 Å². The lowest BCUT2D eigenvalue weighted by Crippen LogP contribution is -2.53. The molecule has 0 aromatic heterocycles. The predicted molar refractivity (Wildman–Crippen MR) is 72.1 cm³/mol. The molecule has 3 unspecified atom stereocenters. The summed E-state index contributed by atoms with van der Waals surface area (Å²) in [6.07, 6.45) is 0.824. The van der Waals surface area contributed by atoms with Gasteiger partial charge >= 0.3 is 12.0 Å². The molecule has 2 rings (SSSR count). The Labute approximate surface area is 118 Å². The molecule has 0 spiro atoms. The number of nitrogens with zero attached hydrogens (tertiary/aromatic N) is 1. The molecule has 0 aromatic carbocycles. The van der Waals surface area contributed by atoms with Crippen LogP contribution in [0.1, 0.15) is 26.7 Å². The SMILES string of the molecule is CC1C(C(=O)O)CCN1C(=O)NC1(C)CCS(=O)(=O)C1. The fourth-order valence-corrected chi connectivity index (χ4v) is 5.09. The molecule has 0 aromatic rings. The first-order chi connectivity index (χ1) is 9.14. The average molecular weight is 304 g/mol. The summed E-state index contributed by atoms with van der Waals surface area (Å²) in [5.41, 5.74) is -0.753. The van der Waals surface area contributed by atoms with Crippen LogP contribution in [0.5, 0.6) is 0 Å². The highest BCUT2D eigenvalue weighted by Gasteiger charge is 2.43. The van der Waals surface area contributed by atoms with Gasteiger partial charge in [0.15, 0.2) is 9.84 Å². The quantitative estimate of drug-likeness (QED) is 0.751. The lowest BCUT2D eigenvalue weighted by molar-refractivity contribution is -0.142. The molecule has 20 heavy (non-hydrogen) atoms. The molecule has 2 heterocycles. The van der Waals surface area contributed by atoms with Crippen LogP contribution in [0.2, 0.25) is 0 Å². The van der Waals surface area contributed by atoms with Gasteiger partial charge in [-0.05, 0) is 26.7 Å². The second-order valence-electron chi connectivity index (χ2n) is 6.00. The third-order valence-corrected chi connectivity index (χ3v) is 6.15. The summed E-state index contributed by atoms with van der Waals surface area (Å²) in [7, 11) is -3.09. The molecule has 2 N–H and O–H groups in total. The van der Waals surface area contributed by atoms with Crippen molar-refractivity contribution in [1.29, 1.82) is 0 Å². The second-order valence-corrected chi connectivity index (χ2v) is 8.18. The number of amides is 2. The summed E-state index contributed by atoms with van der Waals surface area (Å²) in [5.74, 6) is -1.43. The highest BCUT2D eigenvalue weighted by Crippen LogP contribution is 2.27. The molecule has 2 amide bonds. The molecule has 2 fully saturated rings. The van der Waals surface area contributed by atoms with Crippen LogP contribution in [0.3, 0.4) is 0 Å². The van der Waals surface area contributed by atoms with Crippen LogP contribution in [0.25, 0.3) is 0 Å². The summed E-state index contributed by atoms with van der Waals surface area (Å²) in [6.45, 7) is 3.80. The lowest BCUT2D eigenvalue weighted by atomic mass is 10.0. The highest BCUT2D eigenvalue weighted by molar-refractivity contribution is 7.91. The summed E-state index contributed by atoms with van der Waals surface area (Å²) in [4.78, 5) is 24.7. The van der Waals surface area contributed by atoms with E-state index in [0.717, 1.165) is 0 Å². The first-order valence-corrected chi connectivity index (χ1v) is 8.48. The number of carbonyl (C=O) groups is 2. The fourth-order valence-electron chi connectivity index (χ4n) is 3.00. The highest BCUT2D eigenvalue weighted by atomic mass is 32.2. The van der Waals surface area contributed by atoms with Gasteiger partial charge in [0.25, 0.3) is 0 Å². The van der Waals surface area contributed by atoms with Crippen molar-refractivity contribution in [2.45, 2.75) is 38.3 Å². The van der Waals surface area contributed by atoms with Gasteiger partial charge in [0, 0.05) is 12.6 Å². The number of carbonyl (C=O) groups excluding carboxylic acids is 1. The van der Waals surface area contributed by atoms with Gasteiger partial charge in [0.1, 0.15) is 0 Å². The Morgan fingerprint density at radius 3 is 2.50 bits per heavy atom. The molecular weight excluding hydrogens is 284 g/mol. The number of sulfone groups is 1. The van der Waals surface area contributed by atoms with Crippen molar-refractivity contribution in [2.24, 2.45) is 5.92 Å². The Morgan fingerprint density at radius 2 is 2.05 bits per heavy atom. The topological polar surface area (TPSA) is 104 Å². The molecule has 114 valence electrons. The van der Waals surface area contributed by atoms with Crippen LogP contribution >= 0.6 is 0 Å². The van der Waals surface area contributed by atoms with E-state index in [4.69, 9.17) is 5.11 Å². The van der Waals surface area contributed by atoms with Crippen molar-refractivity contribution in [3.63, 3.8) is 0 Å². The third kappa shape index (κ3) is 2.89. The van der Waals surface area contributed by atoms with Crippen LogP contribution in [-0.4, -0.2) is 60.1 Å². The summed E-state index contributed by atoms with van der Waals surface area (Å²) in [6, 6.07) is -0.755. The van der Waals surface area contributed by atoms with Crippen LogP contribution in [0.4, 0.5) is 4.79 Å². The monoisotopic (exact) mass is 304 g/mol. The maximum absolute atomic E-state index is 12.2. The van der Waals surface area contributed by atoms with Gasteiger partial charge < -0.3 is 15.3 Å². The van der Waals surface area contributed by atoms with Gasteiger partial charge in [-0.3, -0.25) is 4.79 Å². The van der Waals surface area contributed by atoms with E-state index in [1.165, 1.54) is 4.90 Å². The molecule has 0 bridgehead atoms. The molecule has 0 saturated carbocycles. The zero-order valence-corrected chi connectivity index (χ0v) is 12.4. The number of urea groups is 1. The van der Waals surface area contributed by atoms with Gasteiger partial charge in [-0.1, -0.05) is 0 Å². The van der Waals surface area contributed by atoms with Crippen LogP contribution in [-0.2, 0) is 14.6 Å². The van der Waals surface area contributed by atoms with E-state index in [9.17, 15) is 18.0 Å². The van der Waals surface area contributed by atoms with Crippen molar-refractivity contribution in [3.8, 4) is 0 Å². The van der Waals surface area contributed by atoms with Crippen LogP contribution in [0, 0.1) is 5.92 Å². The van der Waals surface area contributed by atoms with E-state index < -0.39 is 27.3 Å². The van der Waals surface area contributed by atoms with Gasteiger partial charge in [-0.25, -0.2) is 13.2 Å². The number of rotatable bonds is 2. The van der Waals surface area contributed by atoms with Crippen molar-refractivity contribution < 1.29 is 23.1 Å². The minimum atomic E-state index is -3.09. The second kappa shape index (κ2) is 4.91. The van der Waals surface area contributed by atoms with E-state index in [2.05, 4.69) is 5.32 Å². The summed E-state index contributed by atoms with van der Waals surface area (Å²) in [5, 5.41) is 11.8. The van der Waals surface area contributed by atoms with Gasteiger partial charge in [0.05, 0.1) is 23.0 Å². The van der Waals surface area contributed by atoms with Crippen LogP contribution in [0.15, 0.2) is 0 Å². The largest absolute Gasteiger partial charge is 0.481 e. The average Bonchev–Trinajstić information content (AvgIpc) is 2.79. The molecule has 3 atom stereocenters. The third-order valence-electron chi connectivity index (χ3n) is 4.25.